The molecule has 2 bridgehead atoms. The van der Waals surface area contributed by atoms with E-state index in [0.29, 0.717) is 30.3 Å². The fraction of sp³-hybridized carbons (Fsp3) is 0.273. The lowest BCUT2D eigenvalue weighted by molar-refractivity contribution is -0.137. The van der Waals surface area contributed by atoms with Gasteiger partial charge in [0.2, 0.25) is 0 Å². The van der Waals surface area contributed by atoms with E-state index in [1.54, 1.807) is 0 Å². The standard InChI is InChI=1S/C33H31N3O3/c37-31(38)14-8-7-13-29-32(23-11-5-2-6-12-23)35-28-18-15-24(21-30(28)34-29)33(39)36-26-16-17-27(36)20-25(19-26)22-9-3-1-4-10-22/h1-6,9-12,15,18-19,21,26-27H,7-8,13-14,16-17,20H2,(H,37,38). The molecule has 0 radical (unpaired) electrons. The second-order valence-electron chi connectivity index (χ2n) is 10.5. The third-order valence-electron chi connectivity index (χ3n) is 7.86. The smallest absolute Gasteiger partial charge is 0.303 e. The summed E-state index contributed by atoms with van der Waals surface area (Å²) in [4.78, 5) is 36.7. The van der Waals surface area contributed by atoms with Crippen LogP contribution in [0.4, 0.5) is 0 Å². The normalized spacial score (nSPS) is 18.3. The number of aliphatic carboxylic acids is 1. The van der Waals surface area contributed by atoms with E-state index in [2.05, 4.69) is 35.2 Å². The van der Waals surface area contributed by atoms with Gasteiger partial charge in [-0.25, -0.2) is 9.97 Å². The van der Waals surface area contributed by atoms with Crippen LogP contribution < -0.4 is 0 Å². The summed E-state index contributed by atoms with van der Waals surface area (Å²) in [5.74, 6) is -0.742. The van der Waals surface area contributed by atoms with Crippen LogP contribution in [0, 0.1) is 0 Å². The highest BCUT2D eigenvalue weighted by molar-refractivity contribution is 5.98. The van der Waals surface area contributed by atoms with Gasteiger partial charge < -0.3 is 10.0 Å². The summed E-state index contributed by atoms with van der Waals surface area (Å²) in [7, 11) is 0. The van der Waals surface area contributed by atoms with Crippen LogP contribution in [0.5, 0.6) is 0 Å². The van der Waals surface area contributed by atoms with Crippen molar-refractivity contribution in [3.8, 4) is 11.3 Å². The van der Waals surface area contributed by atoms with Gasteiger partial charge in [-0.05, 0) is 67.9 Å². The Morgan fingerprint density at radius 1 is 0.846 bits per heavy atom. The van der Waals surface area contributed by atoms with Crippen LogP contribution in [0.3, 0.4) is 0 Å². The van der Waals surface area contributed by atoms with Crippen molar-refractivity contribution in [3.05, 3.63) is 102 Å². The molecule has 4 aromatic rings. The lowest BCUT2D eigenvalue weighted by Gasteiger charge is -2.34. The molecule has 1 saturated heterocycles. The molecule has 39 heavy (non-hydrogen) atoms. The van der Waals surface area contributed by atoms with Crippen LogP contribution in [-0.4, -0.2) is 43.9 Å². The Hall–Kier alpha value is -4.32. The molecule has 2 aliphatic rings. The Morgan fingerprint density at radius 2 is 1.59 bits per heavy atom. The van der Waals surface area contributed by atoms with E-state index in [1.807, 2.05) is 54.6 Å². The van der Waals surface area contributed by atoms with Gasteiger partial charge in [0.05, 0.1) is 28.5 Å². The first-order valence-corrected chi connectivity index (χ1v) is 13.7. The van der Waals surface area contributed by atoms with Crippen LogP contribution in [0.2, 0.25) is 0 Å². The molecular formula is C33H31N3O3. The fourth-order valence-electron chi connectivity index (χ4n) is 5.96. The van der Waals surface area contributed by atoms with Gasteiger partial charge in [0.1, 0.15) is 0 Å². The van der Waals surface area contributed by atoms with E-state index >= 15 is 0 Å². The molecule has 1 N–H and O–H groups in total. The van der Waals surface area contributed by atoms with Crippen LogP contribution in [0.1, 0.15) is 60.1 Å². The lowest BCUT2D eigenvalue weighted by Crippen LogP contribution is -2.42. The van der Waals surface area contributed by atoms with Gasteiger partial charge in [-0.1, -0.05) is 66.7 Å². The summed E-state index contributed by atoms with van der Waals surface area (Å²) < 4.78 is 0. The third kappa shape index (κ3) is 5.19. The van der Waals surface area contributed by atoms with E-state index in [-0.39, 0.29) is 24.4 Å². The summed E-state index contributed by atoms with van der Waals surface area (Å²) in [6, 6.07) is 26.3. The van der Waals surface area contributed by atoms with Crippen LogP contribution in [0.15, 0.2) is 84.9 Å². The molecule has 2 unspecified atom stereocenters. The summed E-state index contributed by atoms with van der Waals surface area (Å²) in [6.07, 6.45) is 7.20. The Kier molecular flexibility index (Phi) is 6.93. The Labute approximate surface area is 228 Å². The number of unbranched alkanes of at least 4 members (excludes halogenated alkanes) is 1. The number of carboxylic acid groups (broad SMARTS) is 1. The monoisotopic (exact) mass is 517 g/mol. The first kappa shape index (κ1) is 25.0. The molecule has 3 heterocycles. The first-order chi connectivity index (χ1) is 19.1. The second-order valence-corrected chi connectivity index (χ2v) is 10.5. The minimum Gasteiger partial charge on any atom is -0.481 e. The minimum absolute atomic E-state index is 0.0460. The molecule has 3 aromatic carbocycles. The van der Waals surface area contributed by atoms with Gasteiger partial charge in [-0.2, -0.15) is 0 Å². The maximum absolute atomic E-state index is 13.8. The van der Waals surface area contributed by atoms with Gasteiger partial charge in [-0.15, -0.1) is 0 Å². The summed E-state index contributed by atoms with van der Waals surface area (Å²) >= 11 is 0. The van der Waals surface area contributed by atoms with Crippen molar-refractivity contribution >= 4 is 28.5 Å². The number of carboxylic acids is 1. The third-order valence-corrected chi connectivity index (χ3v) is 7.86. The maximum atomic E-state index is 13.8. The highest BCUT2D eigenvalue weighted by atomic mass is 16.4. The van der Waals surface area contributed by atoms with Crippen LogP contribution >= 0.6 is 0 Å². The van der Waals surface area contributed by atoms with E-state index in [1.165, 1.54) is 11.1 Å². The molecule has 1 amide bonds. The van der Waals surface area contributed by atoms with Gasteiger partial charge in [0.25, 0.3) is 5.91 Å². The van der Waals surface area contributed by atoms with Crippen molar-refractivity contribution in [3.63, 3.8) is 0 Å². The van der Waals surface area contributed by atoms with Crippen molar-refractivity contribution in [2.75, 3.05) is 0 Å². The summed E-state index contributed by atoms with van der Waals surface area (Å²) in [6.45, 7) is 0. The number of fused-ring (bicyclic) bond motifs is 3. The zero-order valence-electron chi connectivity index (χ0n) is 21.8. The Bertz CT molecular complexity index is 1550. The van der Waals surface area contributed by atoms with Gasteiger partial charge >= 0.3 is 5.97 Å². The molecule has 2 atom stereocenters. The van der Waals surface area contributed by atoms with E-state index < -0.39 is 5.97 Å². The van der Waals surface area contributed by atoms with Gasteiger partial charge in [0, 0.05) is 23.6 Å². The lowest BCUT2D eigenvalue weighted by atomic mass is 9.94. The summed E-state index contributed by atoms with van der Waals surface area (Å²) in [5, 5.41) is 9.02. The average Bonchev–Trinajstić information content (AvgIpc) is 3.23. The van der Waals surface area contributed by atoms with E-state index in [4.69, 9.17) is 15.1 Å². The number of aromatic nitrogens is 2. The molecule has 1 aromatic heterocycles. The zero-order chi connectivity index (χ0) is 26.8. The number of hydrogen-bond donors (Lipinski definition) is 1. The molecule has 1 fully saturated rings. The number of carbonyl (C=O) groups is 2. The van der Waals surface area contributed by atoms with Crippen molar-refractivity contribution in [2.24, 2.45) is 0 Å². The van der Waals surface area contributed by atoms with Gasteiger partial charge in [-0.3, -0.25) is 9.59 Å². The van der Waals surface area contributed by atoms with E-state index in [0.717, 1.165) is 41.7 Å². The predicted octanol–water partition coefficient (Wildman–Crippen LogP) is 6.55. The molecule has 6 rings (SSSR count). The number of benzene rings is 3. The van der Waals surface area contributed by atoms with Crippen LogP contribution in [-0.2, 0) is 11.2 Å². The zero-order valence-corrected chi connectivity index (χ0v) is 21.8. The fourth-order valence-corrected chi connectivity index (χ4v) is 5.96. The number of aryl methyl sites for hydroxylation is 1. The molecule has 196 valence electrons. The quantitative estimate of drug-likeness (QED) is 0.268. The SMILES string of the molecule is O=C(O)CCCCc1nc2cc(C(=O)N3C4C=C(c5ccccc5)CC3CC4)ccc2nc1-c1ccccc1. The maximum Gasteiger partial charge on any atom is 0.303 e. The first-order valence-electron chi connectivity index (χ1n) is 13.7. The topological polar surface area (TPSA) is 83.4 Å². The van der Waals surface area contributed by atoms with Crippen molar-refractivity contribution < 1.29 is 14.7 Å². The van der Waals surface area contributed by atoms with Crippen molar-refractivity contribution in [1.82, 2.24) is 14.9 Å². The molecule has 2 aliphatic heterocycles. The average molecular weight is 518 g/mol. The van der Waals surface area contributed by atoms with Gasteiger partial charge in [0.15, 0.2) is 0 Å². The molecule has 0 saturated carbocycles. The number of nitrogens with zero attached hydrogens (tertiary/aromatic N) is 3. The Balaban J connectivity index is 1.30. The number of carbonyl (C=O) groups excluding carboxylic acids is 1. The number of rotatable bonds is 8. The van der Waals surface area contributed by atoms with Crippen LogP contribution in [0.25, 0.3) is 27.9 Å². The van der Waals surface area contributed by atoms with Crippen molar-refractivity contribution in [1.29, 1.82) is 0 Å². The van der Waals surface area contributed by atoms with Crippen molar-refractivity contribution in [2.45, 2.75) is 57.0 Å². The number of amides is 1. The predicted molar refractivity (Wildman–Crippen MR) is 152 cm³/mol. The molecule has 0 aliphatic carbocycles. The summed E-state index contributed by atoms with van der Waals surface area (Å²) in [5.41, 5.74) is 7.26. The highest BCUT2D eigenvalue weighted by Crippen LogP contribution is 2.39. The molecule has 6 heteroatoms. The largest absolute Gasteiger partial charge is 0.481 e. The Morgan fingerprint density at radius 3 is 2.31 bits per heavy atom. The minimum atomic E-state index is -0.788. The molecular weight excluding hydrogens is 486 g/mol. The highest BCUT2D eigenvalue weighted by Gasteiger charge is 2.40. The second kappa shape index (κ2) is 10.8. The van der Waals surface area contributed by atoms with E-state index in [9.17, 15) is 9.59 Å². The molecule has 0 spiro atoms. The molecule has 6 nitrogen and oxygen atoms in total. The number of hydrogen-bond acceptors (Lipinski definition) is 4.